The molecule has 0 fully saturated rings. The molecule has 1 aromatic rings. The highest BCUT2D eigenvalue weighted by molar-refractivity contribution is 5.94. The highest BCUT2D eigenvalue weighted by atomic mass is 16.6. The first kappa shape index (κ1) is 16.1. The van der Waals surface area contributed by atoms with Gasteiger partial charge in [0.05, 0.1) is 0 Å². The third kappa shape index (κ3) is 5.82. The van der Waals surface area contributed by atoms with E-state index in [9.17, 15) is 9.59 Å². The number of carbonyl (C=O) groups excluding carboxylic acids is 2. The summed E-state index contributed by atoms with van der Waals surface area (Å²) in [6.07, 6.45) is 1.94. The molecule has 5 heteroatoms. The number of carbonyl (C=O) groups is 2. The lowest BCUT2D eigenvalue weighted by molar-refractivity contribution is 0.0500. The van der Waals surface area contributed by atoms with E-state index in [0.29, 0.717) is 12.1 Å². The molecule has 0 bridgehead atoms. The van der Waals surface area contributed by atoms with Crippen LogP contribution < -0.4 is 5.32 Å². The standard InChI is InChI=1S/C15H22N2O3/c1-5-11(17-14(19)20-15(2,3)4)10-13(18)12-8-6-7-9-16-12/h6-9,11H,5,10H2,1-4H3,(H,17,19). The van der Waals surface area contributed by atoms with Gasteiger partial charge in [0.25, 0.3) is 0 Å². The van der Waals surface area contributed by atoms with Crippen LogP contribution in [0.4, 0.5) is 4.79 Å². The summed E-state index contributed by atoms with van der Waals surface area (Å²) in [5.41, 5.74) is -0.134. The number of pyridine rings is 1. The third-order valence-corrected chi connectivity index (χ3v) is 2.60. The van der Waals surface area contributed by atoms with Crippen molar-refractivity contribution in [3.05, 3.63) is 30.1 Å². The van der Waals surface area contributed by atoms with Crippen LogP contribution >= 0.6 is 0 Å². The first-order valence-electron chi connectivity index (χ1n) is 6.75. The first-order chi connectivity index (χ1) is 9.31. The van der Waals surface area contributed by atoms with Gasteiger partial charge in [-0.2, -0.15) is 0 Å². The second-order valence-electron chi connectivity index (χ2n) is 5.59. The molecule has 1 aromatic heterocycles. The van der Waals surface area contributed by atoms with Gasteiger partial charge in [-0.05, 0) is 39.3 Å². The third-order valence-electron chi connectivity index (χ3n) is 2.60. The number of ketones is 1. The molecule has 0 aliphatic rings. The van der Waals surface area contributed by atoms with E-state index in [-0.39, 0.29) is 18.2 Å². The fourth-order valence-electron chi connectivity index (χ4n) is 1.63. The Morgan fingerprint density at radius 1 is 1.35 bits per heavy atom. The van der Waals surface area contributed by atoms with Crippen molar-refractivity contribution in [2.24, 2.45) is 0 Å². The van der Waals surface area contributed by atoms with E-state index in [1.807, 2.05) is 6.92 Å². The van der Waals surface area contributed by atoms with Crippen LogP contribution in [0.2, 0.25) is 0 Å². The number of hydrogen-bond donors (Lipinski definition) is 1. The van der Waals surface area contributed by atoms with Crippen LogP contribution in [-0.4, -0.2) is 28.5 Å². The smallest absolute Gasteiger partial charge is 0.407 e. The van der Waals surface area contributed by atoms with E-state index < -0.39 is 11.7 Å². The average Bonchev–Trinajstić information content (AvgIpc) is 2.36. The Morgan fingerprint density at radius 3 is 2.55 bits per heavy atom. The molecule has 0 aromatic carbocycles. The molecule has 0 saturated carbocycles. The Hall–Kier alpha value is -1.91. The van der Waals surface area contributed by atoms with E-state index in [1.165, 1.54) is 0 Å². The number of alkyl carbamates (subject to hydrolysis) is 1. The van der Waals surface area contributed by atoms with Gasteiger partial charge >= 0.3 is 6.09 Å². The molecule has 0 spiro atoms. The van der Waals surface area contributed by atoms with Gasteiger partial charge in [-0.25, -0.2) is 4.79 Å². The zero-order valence-corrected chi connectivity index (χ0v) is 12.5. The number of nitrogens with one attached hydrogen (secondary N) is 1. The van der Waals surface area contributed by atoms with Gasteiger partial charge in [0, 0.05) is 18.7 Å². The van der Waals surface area contributed by atoms with E-state index in [2.05, 4.69) is 10.3 Å². The number of rotatable bonds is 5. The lowest BCUT2D eigenvalue weighted by Crippen LogP contribution is -2.40. The molecule has 110 valence electrons. The molecule has 1 rings (SSSR count). The minimum Gasteiger partial charge on any atom is -0.444 e. The van der Waals surface area contributed by atoms with Crippen LogP contribution in [0.5, 0.6) is 0 Å². The summed E-state index contributed by atoms with van der Waals surface area (Å²) >= 11 is 0. The molecule has 0 radical (unpaired) electrons. The lowest BCUT2D eigenvalue weighted by atomic mass is 10.1. The highest BCUT2D eigenvalue weighted by Crippen LogP contribution is 2.09. The molecule has 1 N–H and O–H groups in total. The van der Waals surface area contributed by atoms with Gasteiger partial charge in [-0.15, -0.1) is 0 Å². The summed E-state index contributed by atoms with van der Waals surface area (Å²) in [6, 6.07) is 4.94. The summed E-state index contributed by atoms with van der Waals surface area (Å²) in [5.74, 6) is -0.0893. The van der Waals surface area contributed by atoms with Crippen molar-refractivity contribution < 1.29 is 14.3 Å². The lowest BCUT2D eigenvalue weighted by Gasteiger charge is -2.22. The Kier molecular flexibility index (Phi) is 5.67. The second kappa shape index (κ2) is 7.03. The Balaban J connectivity index is 2.55. The first-order valence-corrected chi connectivity index (χ1v) is 6.75. The average molecular weight is 278 g/mol. The molecule has 20 heavy (non-hydrogen) atoms. The monoisotopic (exact) mass is 278 g/mol. The van der Waals surface area contributed by atoms with Crippen LogP contribution in [0.3, 0.4) is 0 Å². The van der Waals surface area contributed by atoms with Crippen LogP contribution in [0, 0.1) is 0 Å². The van der Waals surface area contributed by atoms with Gasteiger partial charge < -0.3 is 10.1 Å². The minimum absolute atomic E-state index is 0.0893. The molecule has 1 atom stereocenters. The number of hydrogen-bond acceptors (Lipinski definition) is 4. The Labute approximate surface area is 119 Å². The maximum atomic E-state index is 12.0. The number of Topliss-reactive ketones (excluding diaryl/α,β-unsaturated/α-hetero) is 1. The molecular weight excluding hydrogens is 256 g/mol. The number of ether oxygens (including phenoxy) is 1. The molecule has 1 unspecified atom stereocenters. The van der Waals surface area contributed by atoms with Crippen molar-refractivity contribution in [2.75, 3.05) is 0 Å². The normalized spacial score (nSPS) is 12.6. The van der Waals surface area contributed by atoms with Crippen molar-refractivity contribution in [1.29, 1.82) is 0 Å². The number of nitrogens with zero attached hydrogens (tertiary/aromatic N) is 1. The van der Waals surface area contributed by atoms with Crippen molar-refractivity contribution in [3.63, 3.8) is 0 Å². The second-order valence-corrected chi connectivity index (χ2v) is 5.59. The van der Waals surface area contributed by atoms with Crippen molar-refractivity contribution in [2.45, 2.75) is 52.2 Å². The van der Waals surface area contributed by atoms with Gasteiger partial charge in [-0.3, -0.25) is 9.78 Å². The van der Waals surface area contributed by atoms with E-state index in [0.717, 1.165) is 0 Å². The molecule has 0 aliphatic heterocycles. The van der Waals surface area contributed by atoms with Crippen molar-refractivity contribution >= 4 is 11.9 Å². The van der Waals surface area contributed by atoms with Crippen LogP contribution in [0.15, 0.2) is 24.4 Å². The van der Waals surface area contributed by atoms with E-state index >= 15 is 0 Å². The van der Waals surface area contributed by atoms with Crippen molar-refractivity contribution in [1.82, 2.24) is 10.3 Å². The largest absolute Gasteiger partial charge is 0.444 e. The number of aromatic nitrogens is 1. The Bertz CT molecular complexity index is 452. The summed E-state index contributed by atoms with van der Waals surface area (Å²) < 4.78 is 5.18. The van der Waals surface area contributed by atoms with Gasteiger partial charge in [0.1, 0.15) is 11.3 Å². The predicted octanol–water partition coefficient (Wildman–Crippen LogP) is 2.96. The zero-order chi connectivity index (χ0) is 15.2. The maximum absolute atomic E-state index is 12.0. The van der Waals surface area contributed by atoms with E-state index in [1.54, 1.807) is 45.2 Å². The van der Waals surface area contributed by atoms with Gasteiger partial charge in [0.15, 0.2) is 5.78 Å². The van der Waals surface area contributed by atoms with Gasteiger partial charge in [-0.1, -0.05) is 13.0 Å². The summed E-state index contributed by atoms with van der Waals surface area (Å²) in [4.78, 5) is 27.7. The van der Waals surface area contributed by atoms with Crippen LogP contribution in [0.1, 0.15) is 51.0 Å². The quantitative estimate of drug-likeness (QED) is 0.841. The minimum atomic E-state index is -0.548. The fourth-order valence-corrected chi connectivity index (χ4v) is 1.63. The van der Waals surface area contributed by atoms with Crippen LogP contribution in [0.25, 0.3) is 0 Å². The predicted molar refractivity (Wildman–Crippen MR) is 76.6 cm³/mol. The maximum Gasteiger partial charge on any atom is 0.407 e. The molecule has 1 amide bonds. The topological polar surface area (TPSA) is 68.3 Å². The highest BCUT2D eigenvalue weighted by Gasteiger charge is 2.21. The van der Waals surface area contributed by atoms with E-state index in [4.69, 9.17) is 4.74 Å². The summed E-state index contributed by atoms with van der Waals surface area (Å²) in [6.45, 7) is 7.31. The molecule has 1 heterocycles. The molecule has 0 aliphatic carbocycles. The summed E-state index contributed by atoms with van der Waals surface area (Å²) in [7, 11) is 0. The summed E-state index contributed by atoms with van der Waals surface area (Å²) in [5, 5.41) is 2.71. The fraction of sp³-hybridized carbons (Fsp3) is 0.533. The van der Waals surface area contributed by atoms with Crippen LogP contribution in [-0.2, 0) is 4.74 Å². The Morgan fingerprint density at radius 2 is 2.05 bits per heavy atom. The molecule has 0 saturated heterocycles. The SMILES string of the molecule is CCC(CC(=O)c1ccccn1)NC(=O)OC(C)(C)C. The molecule has 5 nitrogen and oxygen atoms in total. The molecular formula is C15H22N2O3. The number of amides is 1. The zero-order valence-electron chi connectivity index (χ0n) is 12.5. The van der Waals surface area contributed by atoms with Crippen molar-refractivity contribution in [3.8, 4) is 0 Å². The van der Waals surface area contributed by atoms with Gasteiger partial charge in [0.2, 0.25) is 0 Å².